The summed E-state index contributed by atoms with van der Waals surface area (Å²) in [4.78, 5) is 10.1. The first-order chi connectivity index (χ1) is 10.8. The van der Waals surface area contributed by atoms with Crippen molar-refractivity contribution >= 4 is 17.3 Å². The summed E-state index contributed by atoms with van der Waals surface area (Å²) in [6.07, 6.45) is 2.80. The van der Waals surface area contributed by atoms with E-state index in [2.05, 4.69) is 45.0 Å². The van der Waals surface area contributed by atoms with Crippen molar-refractivity contribution in [1.29, 1.82) is 0 Å². The van der Waals surface area contributed by atoms with E-state index < -0.39 is 0 Å². The number of hydrogen-bond acceptors (Lipinski definition) is 4. The molecule has 0 fully saturated rings. The lowest BCUT2D eigenvalue weighted by Gasteiger charge is -2.10. The Kier molecular flexibility index (Phi) is 6.70. The Labute approximate surface area is 135 Å². The van der Waals surface area contributed by atoms with E-state index >= 15 is 0 Å². The van der Waals surface area contributed by atoms with Gasteiger partial charge in [-0.15, -0.1) is 11.3 Å². The maximum Gasteiger partial charge on any atom is 0.212 e. The third-order valence-corrected chi connectivity index (χ3v) is 3.95. The molecule has 2 N–H and O–H groups in total. The van der Waals surface area contributed by atoms with Crippen LogP contribution in [-0.2, 0) is 13.0 Å². The van der Waals surface area contributed by atoms with Gasteiger partial charge in [0.05, 0.1) is 13.7 Å². The molecule has 0 unspecified atom stereocenters. The van der Waals surface area contributed by atoms with Crippen LogP contribution < -0.4 is 15.4 Å². The maximum absolute atomic E-state index is 5.05. The molecule has 5 nitrogen and oxygen atoms in total. The van der Waals surface area contributed by atoms with Gasteiger partial charge in [-0.05, 0) is 30.4 Å². The van der Waals surface area contributed by atoms with Crippen LogP contribution in [0.3, 0.4) is 0 Å². The van der Waals surface area contributed by atoms with Crippen LogP contribution >= 0.6 is 11.3 Å². The van der Waals surface area contributed by atoms with Gasteiger partial charge >= 0.3 is 0 Å². The fraction of sp³-hybridized carbons (Fsp3) is 0.375. The predicted octanol–water partition coefficient (Wildman–Crippen LogP) is 2.45. The van der Waals surface area contributed by atoms with Gasteiger partial charge in [0, 0.05) is 30.2 Å². The molecule has 0 aliphatic rings. The first-order valence-corrected chi connectivity index (χ1v) is 8.23. The Morgan fingerprint density at radius 1 is 1.32 bits per heavy atom. The molecular formula is C16H22N4OS. The Bertz CT molecular complexity index is 566. The van der Waals surface area contributed by atoms with Gasteiger partial charge in [-0.1, -0.05) is 12.1 Å². The number of hydrogen-bond donors (Lipinski definition) is 2. The van der Waals surface area contributed by atoms with Crippen LogP contribution in [0.15, 0.2) is 40.8 Å². The molecule has 6 heteroatoms. The zero-order chi connectivity index (χ0) is 15.6. The average Bonchev–Trinajstić information content (AvgIpc) is 3.06. The molecule has 0 saturated carbocycles. The average molecular weight is 318 g/mol. The molecule has 0 aliphatic heterocycles. The Hall–Kier alpha value is -2.08. The predicted molar refractivity (Wildman–Crippen MR) is 91.6 cm³/mol. The van der Waals surface area contributed by atoms with Gasteiger partial charge in [-0.3, -0.25) is 0 Å². The van der Waals surface area contributed by atoms with Gasteiger partial charge in [-0.2, -0.15) is 0 Å². The molecule has 0 saturated heterocycles. The van der Waals surface area contributed by atoms with Gasteiger partial charge in [0.15, 0.2) is 5.96 Å². The van der Waals surface area contributed by atoms with Crippen molar-refractivity contribution < 1.29 is 4.74 Å². The molecule has 0 aromatic carbocycles. The normalized spacial score (nSPS) is 11.3. The SMILES string of the molecule is CCNC(=NCc1ccc(OC)nc1)NCCc1cccs1. The van der Waals surface area contributed by atoms with Gasteiger partial charge in [0.2, 0.25) is 5.88 Å². The highest BCUT2D eigenvalue weighted by Crippen LogP contribution is 2.08. The molecule has 0 spiro atoms. The molecule has 2 rings (SSSR count). The third kappa shape index (κ3) is 5.37. The van der Waals surface area contributed by atoms with E-state index in [0.717, 1.165) is 31.0 Å². The van der Waals surface area contributed by atoms with E-state index in [4.69, 9.17) is 4.74 Å². The number of methoxy groups -OCH3 is 1. The van der Waals surface area contributed by atoms with Crippen molar-refractivity contribution in [3.63, 3.8) is 0 Å². The molecule has 0 bridgehead atoms. The number of pyridine rings is 1. The second-order valence-corrected chi connectivity index (χ2v) is 5.69. The van der Waals surface area contributed by atoms with Gasteiger partial charge in [0.25, 0.3) is 0 Å². The quantitative estimate of drug-likeness (QED) is 0.608. The summed E-state index contributed by atoms with van der Waals surface area (Å²) in [6, 6.07) is 8.06. The number of aliphatic imine (C=N–C) groups is 1. The molecule has 0 aliphatic carbocycles. The van der Waals surface area contributed by atoms with E-state index in [1.54, 1.807) is 24.6 Å². The van der Waals surface area contributed by atoms with Crippen LogP contribution in [0, 0.1) is 0 Å². The summed E-state index contributed by atoms with van der Waals surface area (Å²) < 4.78 is 5.05. The lowest BCUT2D eigenvalue weighted by Crippen LogP contribution is -2.38. The highest BCUT2D eigenvalue weighted by molar-refractivity contribution is 7.09. The van der Waals surface area contributed by atoms with Gasteiger partial charge in [0.1, 0.15) is 0 Å². The first kappa shape index (κ1) is 16.3. The number of ether oxygens (including phenoxy) is 1. The van der Waals surface area contributed by atoms with Crippen LogP contribution in [0.1, 0.15) is 17.4 Å². The summed E-state index contributed by atoms with van der Waals surface area (Å²) in [5.74, 6) is 1.45. The van der Waals surface area contributed by atoms with Gasteiger partial charge in [-0.25, -0.2) is 9.98 Å². The number of rotatable bonds is 7. The number of aromatic nitrogens is 1. The van der Waals surface area contributed by atoms with Crippen LogP contribution in [-0.4, -0.2) is 31.1 Å². The minimum absolute atomic E-state index is 0.589. The van der Waals surface area contributed by atoms with Crippen molar-refractivity contribution in [2.24, 2.45) is 4.99 Å². The summed E-state index contributed by atoms with van der Waals surface area (Å²) >= 11 is 1.78. The molecule has 2 aromatic rings. The first-order valence-electron chi connectivity index (χ1n) is 7.35. The molecule has 0 radical (unpaired) electrons. The zero-order valence-electron chi connectivity index (χ0n) is 13.0. The summed E-state index contributed by atoms with van der Waals surface area (Å²) in [7, 11) is 1.61. The van der Waals surface area contributed by atoms with E-state index in [0.29, 0.717) is 12.4 Å². The van der Waals surface area contributed by atoms with E-state index in [9.17, 15) is 0 Å². The highest BCUT2D eigenvalue weighted by Gasteiger charge is 2.00. The minimum atomic E-state index is 0.589. The second kappa shape index (κ2) is 9.04. The van der Waals surface area contributed by atoms with Gasteiger partial charge < -0.3 is 15.4 Å². The van der Waals surface area contributed by atoms with Crippen LogP contribution in [0.4, 0.5) is 0 Å². The number of nitrogens with zero attached hydrogens (tertiary/aromatic N) is 2. The van der Waals surface area contributed by atoms with Crippen molar-refractivity contribution in [3.05, 3.63) is 46.3 Å². The molecule has 0 amide bonds. The minimum Gasteiger partial charge on any atom is -0.481 e. The van der Waals surface area contributed by atoms with Crippen molar-refractivity contribution in [2.75, 3.05) is 20.2 Å². The maximum atomic E-state index is 5.05. The molecular weight excluding hydrogens is 296 g/mol. The summed E-state index contributed by atoms with van der Waals surface area (Å²) in [5.41, 5.74) is 1.05. The molecule has 2 aromatic heterocycles. The van der Waals surface area contributed by atoms with Crippen LogP contribution in [0.5, 0.6) is 5.88 Å². The zero-order valence-corrected chi connectivity index (χ0v) is 13.8. The topological polar surface area (TPSA) is 58.5 Å². The lowest BCUT2D eigenvalue weighted by atomic mass is 10.3. The monoisotopic (exact) mass is 318 g/mol. The second-order valence-electron chi connectivity index (χ2n) is 4.66. The van der Waals surface area contributed by atoms with E-state index in [1.807, 2.05) is 12.1 Å². The largest absolute Gasteiger partial charge is 0.481 e. The Morgan fingerprint density at radius 3 is 2.86 bits per heavy atom. The molecule has 118 valence electrons. The number of nitrogens with one attached hydrogen (secondary N) is 2. The lowest BCUT2D eigenvalue weighted by molar-refractivity contribution is 0.397. The molecule has 0 atom stereocenters. The fourth-order valence-corrected chi connectivity index (χ4v) is 2.61. The summed E-state index contributed by atoms with van der Waals surface area (Å²) in [5, 5.41) is 8.71. The molecule has 22 heavy (non-hydrogen) atoms. The third-order valence-electron chi connectivity index (χ3n) is 3.01. The fourth-order valence-electron chi connectivity index (χ4n) is 1.90. The smallest absolute Gasteiger partial charge is 0.212 e. The molecule has 2 heterocycles. The number of guanidine groups is 1. The van der Waals surface area contributed by atoms with Crippen molar-refractivity contribution in [3.8, 4) is 5.88 Å². The Morgan fingerprint density at radius 2 is 2.23 bits per heavy atom. The van der Waals surface area contributed by atoms with E-state index in [-0.39, 0.29) is 0 Å². The van der Waals surface area contributed by atoms with Crippen molar-refractivity contribution in [1.82, 2.24) is 15.6 Å². The van der Waals surface area contributed by atoms with Crippen LogP contribution in [0.2, 0.25) is 0 Å². The van der Waals surface area contributed by atoms with Crippen molar-refractivity contribution in [2.45, 2.75) is 19.9 Å². The highest BCUT2D eigenvalue weighted by atomic mass is 32.1. The standard InChI is InChI=1S/C16H22N4OS/c1-3-17-16(18-9-8-14-5-4-10-22-14)20-12-13-6-7-15(21-2)19-11-13/h4-7,10-11H,3,8-9,12H2,1-2H3,(H2,17,18,20). The summed E-state index contributed by atoms with van der Waals surface area (Å²) in [6.45, 7) is 4.36. The van der Waals surface area contributed by atoms with E-state index in [1.165, 1.54) is 4.88 Å². The Balaban J connectivity index is 1.85. The number of thiophene rings is 1. The van der Waals surface area contributed by atoms with Crippen LogP contribution in [0.25, 0.3) is 0 Å².